The number of aryl methyl sites for hydroxylation is 1. The summed E-state index contributed by atoms with van der Waals surface area (Å²) < 4.78 is 6.54. The minimum absolute atomic E-state index is 0.0280. The van der Waals surface area contributed by atoms with Gasteiger partial charge in [0.25, 0.3) is 11.6 Å². The van der Waals surface area contributed by atoms with E-state index >= 15 is 0 Å². The number of anilines is 1. The molecule has 1 fully saturated rings. The molecule has 1 heterocycles. The van der Waals surface area contributed by atoms with Crippen molar-refractivity contribution in [1.29, 1.82) is 0 Å². The molecule has 0 saturated carbocycles. The fourth-order valence-electron chi connectivity index (χ4n) is 3.35. The van der Waals surface area contributed by atoms with Crippen LogP contribution < -0.4 is 15.4 Å². The number of thioether (sulfide) groups is 1. The number of non-ortho nitro benzene ring substituents is 1. The summed E-state index contributed by atoms with van der Waals surface area (Å²) in [4.78, 5) is 23.6. The Hall–Kier alpha value is -3.30. The molecule has 0 spiro atoms. The van der Waals surface area contributed by atoms with E-state index in [9.17, 15) is 14.9 Å². The number of hydrogen-bond acceptors (Lipinski definition) is 6. The SMILES string of the molecule is CCc1ccc(NC2NC(=O)/C(=C/c3ccc(OCc4cccc([N+](=O)[O-])c4)c(Br)c3)S2)cc1. The van der Waals surface area contributed by atoms with Crippen molar-refractivity contribution in [2.75, 3.05) is 5.32 Å². The third-order valence-corrected chi connectivity index (χ3v) is 6.81. The molecule has 1 amide bonds. The van der Waals surface area contributed by atoms with Gasteiger partial charge in [-0.15, -0.1) is 0 Å². The van der Waals surface area contributed by atoms with Crippen molar-refractivity contribution in [3.8, 4) is 5.75 Å². The summed E-state index contributed by atoms with van der Waals surface area (Å²) in [5.74, 6) is 0.474. The highest BCUT2D eigenvalue weighted by atomic mass is 79.9. The second kappa shape index (κ2) is 10.8. The molecule has 3 aromatic carbocycles. The number of halogens is 1. The first-order chi connectivity index (χ1) is 16.4. The van der Waals surface area contributed by atoms with Crippen molar-refractivity contribution in [2.45, 2.75) is 25.4 Å². The first-order valence-corrected chi connectivity index (χ1v) is 12.3. The van der Waals surface area contributed by atoms with Gasteiger partial charge in [-0.1, -0.05) is 49.0 Å². The predicted molar refractivity (Wildman–Crippen MR) is 139 cm³/mol. The van der Waals surface area contributed by atoms with Gasteiger partial charge in [0.15, 0.2) is 5.50 Å². The highest BCUT2D eigenvalue weighted by molar-refractivity contribution is 9.10. The Balaban J connectivity index is 1.39. The number of nitrogens with one attached hydrogen (secondary N) is 2. The van der Waals surface area contributed by atoms with E-state index < -0.39 is 4.92 Å². The summed E-state index contributed by atoms with van der Waals surface area (Å²) in [6.07, 6.45) is 2.81. The summed E-state index contributed by atoms with van der Waals surface area (Å²) in [6, 6.07) is 20.0. The average Bonchev–Trinajstić information content (AvgIpc) is 3.17. The van der Waals surface area contributed by atoms with Gasteiger partial charge in [-0.05, 0) is 69.4 Å². The van der Waals surface area contributed by atoms with E-state index in [1.54, 1.807) is 18.2 Å². The van der Waals surface area contributed by atoms with Crippen LogP contribution in [0, 0.1) is 10.1 Å². The Morgan fingerprint density at radius 1 is 1.15 bits per heavy atom. The number of carbonyl (C=O) groups is 1. The Morgan fingerprint density at radius 2 is 1.94 bits per heavy atom. The van der Waals surface area contributed by atoms with E-state index in [4.69, 9.17) is 4.74 Å². The van der Waals surface area contributed by atoms with Crippen LogP contribution in [0.3, 0.4) is 0 Å². The van der Waals surface area contributed by atoms with Crippen LogP contribution in [0.4, 0.5) is 11.4 Å². The van der Waals surface area contributed by atoms with E-state index in [1.165, 1.54) is 29.5 Å². The zero-order chi connectivity index (χ0) is 24.1. The molecule has 4 rings (SSSR count). The van der Waals surface area contributed by atoms with E-state index in [0.29, 0.717) is 16.2 Å². The van der Waals surface area contributed by atoms with Crippen molar-refractivity contribution in [3.05, 3.63) is 103 Å². The number of rotatable bonds is 8. The molecule has 3 aromatic rings. The molecular formula is C25H22BrN3O4S. The first kappa shape index (κ1) is 23.8. The van der Waals surface area contributed by atoms with Gasteiger partial charge in [0.05, 0.1) is 14.3 Å². The van der Waals surface area contributed by atoms with Crippen LogP contribution in [-0.4, -0.2) is 16.3 Å². The molecule has 1 aliphatic heterocycles. The van der Waals surface area contributed by atoms with Gasteiger partial charge in [-0.3, -0.25) is 14.9 Å². The summed E-state index contributed by atoms with van der Waals surface area (Å²) in [7, 11) is 0. The second-order valence-corrected chi connectivity index (χ2v) is 9.58. The van der Waals surface area contributed by atoms with Gasteiger partial charge in [-0.2, -0.15) is 0 Å². The number of amides is 1. The number of benzene rings is 3. The third kappa shape index (κ3) is 5.98. The molecule has 9 heteroatoms. The molecule has 2 N–H and O–H groups in total. The lowest BCUT2D eigenvalue weighted by atomic mass is 10.1. The molecule has 1 atom stereocenters. The molecule has 34 heavy (non-hydrogen) atoms. The largest absolute Gasteiger partial charge is 0.488 e. The lowest BCUT2D eigenvalue weighted by Gasteiger charge is -2.12. The monoisotopic (exact) mass is 539 g/mol. The topological polar surface area (TPSA) is 93.5 Å². The van der Waals surface area contributed by atoms with Crippen LogP contribution in [0.15, 0.2) is 76.1 Å². The summed E-state index contributed by atoms with van der Waals surface area (Å²) >= 11 is 4.94. The minimum Gasteiger partial charge on any atom is -0.488 e. The van der Waals surface area contributed by atoms with Crippen LogP contribution >= 0.6 is 27.7 Å². The maximum absolute atomic E-state index is 12.4. The van der Waals surface area contributed by atoms with Crippen molar-refractivity contribution >= 4 is 51.0 Å². The Bertz CT molecular complexity index is 1250. The highest BCUT2D eigenvalue weighted by Crippen LogP contribution is 2.33. The van der Waals surface area contributed by atoms with E-state index in [1.807, 2.05) is 30.3 Å². The molecule has 0 radical (unpaired) electrons. The number of nitro groups is 1. The first-order valence-electron chi connectivity index (χ1n) is 10.6. The van der Waals surface area contributed by atoms with Gasteiger partial charge in [0.1, 0.15) is 12.4 Å². The zero-order valence-electron chi connectivity index (χ0n) is 18.3. The second-order valence-electron chi connectivity index (χ2n) is 7.58. The Morgan fingerprint density at radius 3 is 2.65 bits per heavy atom. The van der Waals surface area contributed by atoms with Gasteiger partial charge >= 0.3 is 0 Å². The van der Waals surface area contributed by atoms with Crippen molar-refractivity contribution in [3.63, 3.8) is 0 Å². The normalized spacial score (nSPS) is 16.4. The van der Waals surface area contributed by atoms with Crippen LogP contribution in [0.1, 0.15) is 23.6 Å². The number of hydrogen-bond donors (Lipinski definition) is 2. The van der Waals surface area contributed by atoms with Crippen molar-refractivity contribution in [2.24, 2.45) is 0 Å². The molecule has 0 aromatic heterocycles. The zero-order valence-corrected chi connectivity index (χ0v) is 20.7. The van der Waals surface area contributed by atoms with E-state index in [2.05, 4.69) is 45.6 Å². The fourth-order valence-corrected chi connectivity index (χ4v) is 4.85. The molecular weight excluding hydrogens is 518 g/mol. The van der Waals surface area contributed by atoms with Crippen LogP contribution in [-0.2, 0) is 17.8 Å². The van der Waals surface area contributed by atoms with Crippen LogP contribution in [0.2, 0.25) is 0 Å². The molecule has 1 unspecified atom stereocenters. The van der Waals surface area contributed by atoms with Gasteiger partial charge < -0.3 is 15.4 Å². The summed E-state index contributed by atoms with van der Waals surface area (Å²) in [5.41, 5.74) is 3.54. The van der Waals surface area contributed by atoms with Crippen LogP contribution in [0.25, 0.3) is 6.08 Å². The lowest BCUT2D eigenvalue weighted by molar-refractivity contribution is -0.384. The average molecular weight is 540 g/mol. The quantitative estimate of drug-likeness (QED) is 0.204. The van der Waals surface area contributed by atoms with Crippen LogP contribution in [0.5, 0.6) is 5.75 Å². The highest BCUT2D eigenvalue weighted by Gasteiger charge is 2.27. The van der Waals surface area contributed by atoms with Crippen molar-refractivity contribution < 1.29 is 14.5 Å². The van der Waals surface area contributed by atoms with Gasteiger partial charge in [0, 0.05) is 17.8 Å². The van der Waals surface area contributed by atoms with Gasteiger partial charge in [0.2, 0.25) is 0 Å². The maximum Gasteiger partial charge on any atom is 0.269 e. The van der Waals surface area contributed by atoms with Crippen molar-refractivity contribution in [1.82, 2.24) is 5.32 Å². The summed E-state index contributed by atoms with van der Waals surface area (Å²) in [6.45, 7) is 2.31. The number of nitro benzene ring substituents is 1. The van der Waals surface area contributed by atoms with E-state index in [-0.39, 0.29) is 23.7 Å². The standard InChI is InChI=1S/C25H22BrN3O4S/c1-2-16-6-9-19(10-7-16)27-25-28-24(30)23(34-25)14-17-8-11-22(21(26)13-17)33-15-18-4-3-5-20(12-18)29(31)32/h3-14,25,27H,2,15H2,1H3,(H,28,30)/b23-14-. The number of ether oxygens (including phenoxy) is 1. The number of nitrogens with zero attached hydrogens (tertiary/aromatic N) is 1. The molecule has 174 valence electrons. The smallest absolute Gasteiger partial charge is 0.269 e. The molecule has 0 aliphatic carbocycles. The molecule has 1 aliphatic rings. The molecule has 1 saturated heterocycles. The molecule has 0 bridgehead atoms. The third-order valence-electron chi connectivity index (χ3n) is 5.16. The maximum atomic E-state index is 12.4. The Kier molecular flexibility index (Phi) is 7.54. The Labute approximate surface area is 209 Å². The van der Waals surface area contributed by atoms with Gasteiger partial charge in [-0.25, -0.2) is 0 Å². The summed E-state index contributed by atoms with van der Waals surface area (Å²) in [5, 5.41) is 17.2. The van der Waals surface area contributed by atoms with E-state index in [0.717, 1.165) is 22.1 Å². The fraction of sp³-hybridized carbons (Fsp3) is 0.160. The lowest BCUT2D eigenvalue weighted by Crippen LogP contribution is -2.30. The number of carbonyl (C=O) groups excluding carboxylic acids is 1. The minimum atomic E-state index is -0.430. The molecule has 7 nitrogen and oxygen atoms in total. The predicted octanol–water partition coefficient (Wildman–Crippen LogP) is 6.10.